The molecule has 0 fully saturated rings. The molecule has 4 aromatic rings. The maximum Gasteiger partial charge on any atom is 0.330 e. The summed E-state index contributed by atoms with van der Waals surface area (Å²) in [5.74, 6) is 0.452. The van der Waals surface area contributed by atoms with E-state index in [1.807, 2.05) is 48.7 Å². The molecule has 0 saturated heterocycles. The molecular weight excluding hydrogens is 432 g/mol. The Labute approximate surface area is 188 Å². The van der Waals surface area contributed by atoms with Gasteiger partial charge in [0, 0.05) is 36.6 Å². The molecule has 0 aliphatic carbocycles. The molecule has 0 bridgehead atoms. The zero-order chi connectivity index (χ0) is 22.0. The fourth-order valence-corrected chi connectivity index (χ4v) is 4.42. The lowest BCUT2D eigenvalue weighted by molar-refractivity contribution is 0.664. The maximum atomic E-state index is 12.2. The number of hydrogen-bond donors (Lipinski definition) is 0. The van der Waals surface area contributed by atoms with Crippen molar-refractivity contribution in [1.82, 2.24) is 18.7 Å². The van der Waals surface area contributed by atoms with Gasteiger partial charge in [0.05, 0.1) is 18.4 Å². The largest absolute Gasteiger partial charge is 0.330 e. The number of aromatic nitrogens is 4. The molecule has 0 saturated carbocycles. The predicted octanol–water partition coefficient (Wildman–Crippen LogP) is 3.94. The van der Waals surface area contributed by atoms with Crippen LogP contribution < -0.4 is 11.2 Å². The summed E-state index contributed by atoms with van der Waals surface area (Å²) < 4.78 is 4.74. The normalized spacial score (nSPS) is 11.1. The van der Waals surface area contributed by atoms with Gasteiger partial charge in [0.15, 0.2) is 5.16 Å². The highest BCUT2D eigenvalue weighted by Crippen LogP contribution is 2.29. The van der Waals surface area contributed by atoms with Crippen LogP contribution in [0.3, 0.4) is 0 Å². The number of benzene rings is 2. The van der Waals surface area contributed by atoms with Crippen molar-refractivity contribution >= 4 is 23.4 Å². The Hall–Kier alpha value is -3.03. The lowest BCUT2D eigenvalue weighted by Gasteiger charge is -2.13. The van der Waals surface area contributed by atoms with Gasteiger partial charge in [-0.2, -0.15) is 0 Å². The number of rotatable bonds is 6. The van der Waals surface area contributed by atoms with Gasteiger partial charge in [0.25, 0.3) is 5.56 Å². The lowest BCUT2D eigenvalue weighted by atomic mass is 10.1. The monoisotopic (exact) mass is 452 g/mol. The van der Waals surface area contributed by atoms with E-state index in [-0.39, 0.29) is 11.2 Å². The van der Waals surface area contributed by atoms with Crippen LogP contribution in [0.1, 0.15) is 11.3 Å². The van der Waals surface area contributed by atoms with Crippen molar-refractivity contribution < 1.29 is 0 Å². The van der Waals surface area contributed by atoms with Crippen molar-refractivity contribution in [1.29, 1.82) is 0 Å². The van der Waals surface area contributed by atoms with Gasteiger partial charge in [-0.15, -0.1) is 0 Å². The quantitative estimate of drug-likeness (QED) is 0.416. The zero-order valence-corrected chi connectivity index (χ0v) is 18.7. The number of hydrogen-bond acceptors (Lipinski definition) is 4. The first-order valence-corrected chi connectivity index (χ1v) is 11.0. The Morgan fingerprint density at radius 3 is 2.39 bits per heavy atom. The first kappa shape index (κ1) is 21.2. The van der Waals surface area contributed by atoms with E-state index in [2.05, 4.69) is 21.7 Å². The number of nitrogens with zero attached hydrogens (tertiary/aromatic N) is 4. The molecule has 0 aliphatic heterocycles. The minimum atomic E-state index is -0.336. The summed E-state index contributed by atoms with van der Waals surface area (Å²) in [5, 5.41) is 1.49. The minimum Gasteiger partial charge on any atom is -0.314 e. The second-order valence-corrected chi connectivity index (χ2v) is 8.55. The number of imidazole rings is 1. The summed E-state index contributed by atoms with van der Waals surface area (Å²) in [5.41, 5.74) is 3.14. The number of halogens is 1. The van der Waals surface area contributed by atoms with E-state index in [1.165, 1.54) is 29.4 Å². The zero-order valence-electron chi connectivity index (χ0n) is 17.2. The van der Waals surface area contributed by atoms with Gasteiger partial charge in [-0.05, 0) is 23.3 Å². The fourth-order valence-electron chi connectivity index (χ4n) is 3.30. The molecule has 0 spiro atoms. The summed E-state index contributed by atoms with van der Waals surface area (Å²) in [6.45, 7) is 0.649. The van der Waals surface area contributed by atoms with Gasteiger partial charge >= 0.3 is 5.69 Å². The first-order valence-electron chi connectivity index (χ1n) is 9.68. The molecule has 0 atom stereocenters. The average Bonchev–Trinajstić information content (AvgIpc) is 3.17. The Morgan fingerprint density at radius 2 is 1.68 bits per heavy atom. The Morgan fingerprint density at radius 1 is 0.968 bits per heavy atom. The molecule has 158 valence electrons. The van der Waals surface area contributed by atoms with Crippen LogP contribution in [0.4, 0.5) is 0 Å². The molecule has 0 N–H and O–H groups in total. The Bertz CT molecular complexity index is 1320. The number of thioether (sulfide) groups is 1. The van der Waals surface area contributed by atoms with E-state index in [9.17, 15) is 9.59 Å². The van der Waals surface area contributed by atoms with Crippen LogP contribution in [0, 0.1) is 0 Å². The molecular formula is C23H21ClN4O2S. The summed E-state index contributed by atoms with van der Waals surface area (Å²) in [6.07, 6.45) is 1.84. The molecule has 31 heavy (non-hydrogen) atoms. The predicted molar refractivity (Wildman–Crippen MR) is 125 cm³/mol. The van der Waals surface area contributed by atoms with Gasteiger partial charge in [0.2, 0.25) is 0 Å². The van der Waals surface area contributed by atoms with Crippen molar-refractivity contribution in [2.75, 3.05) is 0 Å². The standard InChI is InChI=1S/C23H21ClN4O2S/c1-26-19(12-21(29)27(2)23(26)30)15-31-22-25-13-20(17-8-10-18(24)11-9-17)28(22)14-16-6-4-3-5-7-16/h3-13H,14-15H2,1-2H3. The van der Waals surface area contributed by atoms with Crippen LogP contribution in [0.15, 0.2) is 81.6 Å². The third kappa shape index (κ3) is 4.52. The van der Waals surface area contributed by atoms with Crippen molar-refractivity contribution in [3.05, 3.63) is 104 Å². The lowest BCUT2D eigenvalue weighted by Crippen LogP contribution is -2.37. The van der Waals surface area contributed by atoms with E-state index >= 15 is 0 Å². The van der Waals surface area contributed by atoms with Crippen LogP contribution >= 0.6 is 23.4 Å². The molecule has 0 radical (unpaired) electrons. The average molecular weight is 453 g/mol. The van der Waals surface area contributed by atoms with Gasteiger partial charge in [0.1, 0.15) is 0 Å². The van der Waals surface area contributed by atoms with E-state index in [1.54, 1.807) is 7.05 Å². The second kappa shape index (κ2) is 8.99. The SMILES string of the molecule is Cn1c(CSc2ncc(-c3ccc(Cl)cc3)n2Cc2ccccc2)cc(=O)n(C)c1=O. The summed E-state index contributed by atoms with van der Waals surface area (Å²) in [6, 6.07) is 19.3. The van der Waals surface area contributed by atoms with Crippen molar-refractivity contribution in [3.63, 3.8) is 0 Å². The highest BCUT2D eigenvalue weighted by atomic mass is 35.5. The highest BCUT2D eigenvalue weighted by molar-refractivity contribution is 7.98. The maximum absolute atomic E-state index is 12.2. The topological polar surface area (TPSA) is 61.8 Å². The van der Waals surface area contributed by atoms with Gasteiger partial charge < -0.3 is 4.57 Å². The third-order valence-electron chi connectivity index (χ3n) is 5.12. The van der Waals surface area contributed by atoms with Crippen molar-refractivity contribution in [2.45, 2.75) is 17.5 Å². The second-order valence-electron chi connectivity index (χ2n) is 7.17. The van der Waals surface area contributed by atoms with Gasteiger partial charge in [-0.3, -0.25) is 13.9 Å². The van der Waals surface area contributed by atoms with Crippen LogP contribution in [-0.2, 0) is 26.4 Å². The molecule has 0 amide bonds. The van der Waals surface area contributed by atoms with Gasteiger partial charge in [-0.1, -0.05) is 65.8 Å². The fraction of sp³-hybridized carbons (Fsp3) is 0.174. The van der Waals surface area contributed by atoms with E-state index in [0.717, 1.165) is 26.5 Å². The van der Waals surface area contributed by atoms with Crippen LogP contribution in [0.25, 0.3) is 11.3 Å². The van der Waals surface area contributed by atoms with E-state index < -0.39 is 0 Å². The first-order chi connectivity index (χ1) is 14.9. The van der Waals surface area contributed by atoms with Gasteiger partial charge in [-0.25, -0.2) is 9.78 Å². The summed E-state index contributed by atoms with van der Waals surface area (Å²) in [7, 11) is 3.15. The molecule has 2 heterocycles. The van der Waals surface area contributed by atoms with Crippen LogP contribution in [-0.4, -0.2) is 18.7 Å². The highest BCUT2D eigenvalue weighted by Gasteiger charge is 2.15. The third-order valence-corrected chi connectivity index (χ3v) is 6.39. The van der Waals surface area contributed by atoms with Crippen LogP contribution in [0.5, 0.6) is 0 Å². The van der Waals surface area contributed by atoms with Crippen molar-refractivity contribution in [2.24, 2.45) is 14.1 Å². The molecule has 8 heteroatoms. The molecule has 0 aliphatic rings. The van der Waals surface area contributed by atoms with E-state index in [0.29, 0.717) is 23.0 Å². The molecule has 0 unspecified atom stereocenters. The molecule has 4 rings (SSSR count). The van der Waals surface area contributed by atoms with Crippen LogP contribution in [0.2, 0.25) is 5.02 Å². The Kier molecular flexibility index (Phi) is 6.15. The van der Waals surface area contributed by atoms with Crippen molar-refractivity contribution in [3.8, 4) is 11.3 Å². The molecule has 2 aromatic carbocycles. The minimum absolute atomic E-state index is 0.312. The Balaban J connectivity index is 1.70. The summed E-state index contributed by atoms with van der Waals surface area (Å²) >= 11 is 7.55. The summed E-state index contributed by atoms with van der Waals surface area (Å²) in [4.78, 5) is 28.9. The molecule has 6 nitrogen and oxygen atoms in total. The van der Waals surface area contributed by atoms with E-state index in [4.69, 9.17) is 11.6 Å². The smallest absolute Gasteiger partial charge is 0.314 e. The molecule has 2 aromatic heterocycles.